The number of aromatic nitrogens is 1. The molecule has 0 spiro atoms. The molecule has 1 saturated heterocycles. The smallest absolute Gasteiger partial charge is 0.380 e. The molecule has 8 heteroatoms. The van der Waals surface area contributed by atoms with Crippen LogP contribution in [0.25, 0.3) is 0 Å². The van der Waals surface area contributed by atoms with Crippen LogP contribution in [0.5, 0.6) is 0 Å². The number of rotatable bonds is 6. The molecule has 178 valence electrons. The quantitative estimate of drug-likeness (QED) is 0.603. The van der Waals surface area contributed by atoms with Gasteiger partial charge in [-0.2, -0.15) is 24.9 Å². The first kappa shape index (κ1) is 23.9. The van der Waals surface area contributed by atoms with Crippen molar-refractivity contribution in [2.24, 2.45) is 5.92 Å². The summed E-state index contributed by atoms with van der Waals surface area (Å²) in [7, 11) is 1.25. The summed E-state index contributed by atoms with van der Waals surface area (Å²) in [5.74, 6) is 0.824. The van der Waals surface area contributed by atoms with E-state index in [1.54, 1.807) is 17.8 Å². The van der Waals surface area contributed by atoms with Crippen molar-refractivity contribution in [3.05, 3.63) is 58.9 Å². The molecule has 1 aliphatic carbocycles. The summed E-state index contributed by atoms with van der Waals surface area (Å²) in [5, 5.41) is 3.42. The summed E-state index contributed by atoms with van der Waals surface area (Å²) < 4.78 is 41.9. The SMILES string of the molecule is CCc1cccc2c1CC(Nc1ccc(C(N(C)C(=O)C3CCSCC3)C(F)(F)F)nc1)C2. The first-order valence-electron chi connectivity index (χ1n) is 11.5. The molecule has 1 aliphatic heterocycles. The highest BCUT2D eigenvalue weighted by Gasteiger charge is 2.47. The monoisotopic (exact) mass is 477 g/mol. The maximum Gasteiger partial charge on any atom is 0.414 e. The lowest BCUT2D eigenvalue weighted by atomic mass is 9.99. The number of anilines is 1. The van der Waals surface area contributed by atoms with Crippen LogP contribution in [0.3, 0.4) is 0 Å². The third-order valence-electron chi connectivity index (χ3n) is 6.72. The number of pyridine rings is 1. The van der Waals surface area contributed by atoms with Gasteiger partial charge in [0.25, 0.3) is 0 Å². The van der Waals surface area contributed by atoms with Gasteiger partial charge in [-0.05, 0) is 72.4 Å². The Kier molecular flexibility index (Phi) is 7.22. The molecule has 1 aromatic carbocycles. The van der Waals surface area contributed by atoms with Gasteiger partial charge in [-0.1, -0.05) is 25.1 Å². The van der Waals surface area contributed by atoms with Gasteiger partial charge in [0.15, 0.2) is 6.04 Å². The van der Waals surface area contributed by atoms with Crippen LogP contribution in [0.2, 0.25) is 0 Å². The number of hydrogen-bond donors (Lipinski definition) is 1. The summed E-state index contributed by atoms with van der Waals surface area (Å²) in [6.07, 6.45) is 0.857. The standard InChI is InChI=1S/C25H30F3N3OS/c1-3-16-5-4-6-18-13-20(14-21(16)18)30-19-7-8-22(29-15-19)23(25(26,27)28)31(2)24(32)17-9-11-33-12-10-17/h4-8,15,17,20,23,30H,3,9-14H2,1-2H3. The zero-order valence-electron chi connectivity index (χ0n) is 19.0. The molecule has 0 bridgehead atoms. The third kappa shape index (κ3) is 5.31. The Hall–Kier alpha value is -2.22. The first-order valence-corrected chi connectivity index (χ1v) is 12.7. The van der Waals surface area contributed by atoms with Gasteiger partial charge in [-0.15, -0.1) is 0 Å². The number of aryl methyl sites for hydroxylation is 1. The molecule has 4 rings (SSSR count). The van der Waals surface area contributed by atoms with Crippen LogP contribution in [-0.2, 0) is 24.1 Å². The van der Waals surface area contributed by atoms with Crippen molar-refractivity contribution < 1.29 is 18.0 Å². The number of thioether (sulfide) groups is 1. The van der Waals surface area contributed by atoms with Crippen LogP contribution in [0.4, 0.5) is 18.9 Å². The topological polar surface area (TPSA) is 45.2 Å². The van der Waals surface area contributed by atoms with Gasteiger partial charge in [0.2, 0.25) is 5.91 Å². The van der Waals surface area contributed by atoms with E-state index in [2.05, 4.69) is 35.4 Å². The second kappa shape index (κ2) is 9.95. The molecule has 1 amide bonds. The summed E-state index contributed by atoms with van der Waals surface area (Å²) in [4.78, 5) is 17.8. The molecule has 2 unspecified atom stereocenters. The van der Waals surface area contributed by atoms with E-state index in [4.69, 9.17) is 0 Å². The Bertz CT molecular complexity index is 974. The molecule has 2 aromatic rings. The number of carbonyl (C=O) groups excluding carboxylic acids is 1. The van der Waals surface area contributed by atoms with E-state index in [0.717, 1.165) is 35.7 Å². The number of hydrogen-bond acceptors (Lipinski definition) is 4. The molecule has 4 nitrogen and oxygen atoms in total. The summed E-state index contributed by atoms with van der Waals surface area (Å²) in [6, 6.07) is 7.55. The summed E-state index contributed by atoms with van der Waals surface area (Å²) in [6.45, 7) is 2.14. The van der Waals surface area contributed by atoms with E-state index in [9.17, 15) is 18.0 Å². The number of benzene rings is 1. The van der Waals surface area contributed by atoms with Gasteiger partial charge in [0, 0.05) is 19.0 Å². The van der Waals surface area contributed by atoms with Crippen molar-refractivity contribution in [3.63, 3.8) is 0 Å². The number of nitrogens with zero attached hydrogens (tertiary/aromatic N) is 2. The van der Waals surface area contributed by atoms with Gasteiger partial charge in [0.1, 0.15) is 0 Å². The zero-order valence-corrected chi connectivity index (χ0v) is 19.8. The Morgan fingerprint density at radius 3 is 2.61 bits per heavy atom. The molecule has 2 heterocycles. The average molecular weight is 478 g/mol. The fraction of sp³-hybridized carbons (Fsp3) is 0.520. The lowest BCUT2D eigenvalue weighted by Gasteiger charge is -2.33. The van der Waals surface area contributed by atoms with Crippen LogP contribution in [0.1, 0.15) is 48.2 Å². The fourth-order valence-corrected chi connectivity index (χ4v) is 6.10. The van der Waals surface area contributed by atoms with E-state index in [-0.39, 0.29) is 17.7 Å². The van der Waals surface area contributed by atoms with Crippen molar-refractivity contribution >= 4 is 23.4 Å². The fourth-order valence-electron chi connectivity index (χ4n) is 4.99. The summed E-state index contributed by atoms with van der Waals surface area (Å²) >= 11 is 1.74. The molecule has 1 N–H and O–H groups in total. The van der Waals surface area contributed by atoms with Gasteiger partial charge in [-0.3, -0.25) is 9.78 Å². The minimum Gasteiger partial charge on any atom is -0.380 e. The maximum absolute atomic E-state index is 14.0. The van der Waals surface area contributed by atoms with Gasteiger partial charge >= 0.3 is 6.18 Å². The maximum atomic E-state index is 14.0. The highest BCUT2D eigenvalue weighted by molar-refractivity contribution is 7.99. The van der Waals surface area contributed by atoms with E-state index in [1.165, 1.54) is 36.0 Å². The van der Waals surface area contributed by atoms with Crippen LogP contribution in [0, 0.1) is 5.92 Å². The molecular weight excluding hydrogens is 447 g/mol. The van der Waals surface area contributed by atoms with Crippen molar-refractivity contribution in [2.75, 3.05) is 23.9 Å². The minimum atomic E-state index is -4.60. The van der Waals surface area contributed by atoms with E-state index >= 15 is 0 Å². The Labute approximate surface area is 197 Å². The number of carbonyl (C=O) groups is 1. The number of alkyl halides is 3. The lowest BCUT2D eigenvalue weighted by Crippen LogP contribution is -2.43. The molecule has 0 radical (unpaired) electrons. The molecule has 2 atom stereocenters. The van der Waals surface area contributed by atoms with Crippen LogP contribution < -0.4 is 5.32 Å². The second-order valence-corrected chi connectivity index (χ2v) is 10.1. The van der Waals surface area contributed by atoms with Crippen molar-refractivity contribution in [3.8, 4) is 0 Å². The number of halogens is 3. The van der Waals surface area contributed by atoms with Crippen LogP contribution >= 0.6 is 11.8 Å². The van der Waals surface area contributed by atoms with Crippen LogP contribution in [0.15, 0.2) is 36.5 Å². The lowest BCUT2D eigenvalue weighted by molar-refractivity contribution is -0.191. The van der Waals surface area contributed by atoms with E-state index < -0.39 is 18.1 Å². The number of nitrogens with one attached hydrogen (secondary N) is 1. The normalized spacial score (nSPS) is 19.7. The number of amides is 1. The van der Waals surface area contributed by atoms with Crippen molar-refractivity contribution in [1.82, 2.24) is 9.88 Å². The second-order valence-electron chi connectivity index (χ2n) is 8.91. The molecular formula is C25H30F3N3OS. The number of fused-ring (bicyclic) bond motifs is 1. The third-order valence-corrected chi connectivity index (χ3v) is 7.77. The van der Waals surface area contributed by atoms with E-state index in [1.807, 2.05) is 0 Å². The highest BCUT2D eigenvalue weighted by atomic mass is 32.2. The summed E-state index contributed by atoms with van der Waals surface area (Å²) in [5.41, 5.74) is 4.59. The average Bonchev–Trinajstić information content (AvgIpc) is 3.22. The van der Waals surface area contributed by atoms with Gasteiger partial charge in [0.05, 0.1) is 17.6 Å². The van der Waals surface area contributed by atoms with Gasteiger partial charge < -0.3 is 10.2 Å². The molecule has 33 heavy (non-hydrogen) atoms. The largest absolute Gasteiger partial charge is 0.414 e. The van der Waals surface area contributed by atoms with Crippen molar-refractivity contribution in [1.29, 1.82) is 0 Å². The first-order chi connectivity index (χ1) is 15.8. The highest BCUT2D eigenvalue weighted by Crippen LogP contribution is 2.38. The molecule has 0 saturated carbocycles. The van der Waals surface area contributed by atoms with E-state index in [0.29, 0.717) is 18.5 Å². The van der Waals surface area contributed by atoms with Crippen molar-refractivity contribution in [2.45, 2.75) is 57.3 Å². The Morgan fingerprint density at radius 2 is 1.97 bits per heavy atom. The predicted octanol–water partition coefficient (Wildman–Crippen LogP) is 5.43. The molecule has 2 aliphatic rings. The van der Waals surface area contributed by atoms with Crippen LogP contribution in [-0.4, -0.2) is 46.6 Å². The molecule has 1 fully saturated rings. The Morgan fingerprint density at radius 1 is 1.21 bits per heavy atom. The minimum absolute atomic E-state index is 0.155. The Balaban J connectivity index is 1.46. The predicted molar refractivity (Wildman–Crippen MR) is 126 cm³/mol. The van der Waals surface area contributed by atoms with Gasteiger partial charge in [-0.25, -0.2) is 0 Å². The zero-order chi connectivity index (χ0) is 23.6. The molecule has 1 aromatic heterocycles.